The Hall–Kier alpha value is -2.87. The molecule has 9 heteroatoms. The van der Waals surface area contributed by atoms with Crippen LogP contribution >= 0.6 is 11.6 Å². The zero-order valence-electron chi connectivity index (χ0n) is 17.5. The summed E-state index contributed by atoms with van der Waals surface area (Å²) in [6.45, 7) is 0.651. The molecule has 31 heavy (non-hydrogen) atoms. The second-order valence-corrected chi connectivity index (χ2v) is 8.99. The van der Waals surface area contributed by atoms with E-state index in [1.807, 2.05) is 0 Å². The van der Waals surface area contributed by atoms with Crippen molar-refractivity contribution in [3.8, 4) is 11.1 Å². The fourth-order valence-corrected chi connectivity index (χ4v) is 5.20. The molecule has 1 aliphatic carbocycles. The quantitative estimate of drug-likeness (QED) is 0.628. The van der Waals surface area contributed by atoms with Gasteiger partial charge in [-0.25, -0.2) is 9.37 Å². The third-order valence-corrected chi connectivity index (χ3v) is 6.96. The van der Waals surface area contributed by atoms with Gasteiger partial charge in [0.25, 0.3) is 5.91 Å². The van der Waals surface area contributed by atoms with Crippen LogP contribution in [0.1, 0.15) is 41.6 Å². The molecule has 0 unspecified atom stereocenters. The van der Waals surface area contributed by atoms with E-state index in [-0.39, 0.29) is 34.1 Å². The lowest BCUT2D eigenvalue weighted by molar-refractivity contribution is -0.123. The number of fused-ring (bicyclic) bond motifs is 2. The highest BCUT2D eigenvalue weighted by atomic mass is 35.5. The minimum atomic E-state index is -0.722. The molecule has 1 aliphatic heterocycles. The molecule has 0 atom stereocenters. The summed E-state index contributed by atoms with van der Waals surface area (Å²) in [5.74, 6) is -0.990. The number of nitrogens with zero attached hydrogens (tertiary/aromatic N) is 2. The van der Waals surface area contributed by atoms with Crippen LogP contribution in [-0.2, 0) is 10.2 Å². The van der Waals surface area contributed by atoms with Crippen molar-refractivity contribution in [2.45, 2.75) is 31.1 Å². The highest BCUT2D eigenvalue weighted by Gasteiger charge is 2.45. The van der Waals surface area contributed by atoms with Crippen molar-refractivity contribution in [3.05, 3.63) is 40.3 Å². The second kappa shape index (κ2) is 7.67. The number of primary amides is 1. The molecule has 1 saturated carbocycles. The van der Waals surface area contributed by atoms with Crippen LogP contribution in [0.3, 0.4) is 0 Å². The van der Waals surface area contributed by atoms with Crippen molar-refractivity contribution in [2.75, 3.05) is 31.7 Å². The van der Waals surface area contributed by atoms with Crippen LogP contribution in [0.4, 0.5) is 15.9 Å². The first-order chi connectivity index (χ1) is 14.7. The molecule has 1 aromatic heterocycles. The molecule has 164 valence electrons. The lowest BCUT2D eigenvalue weighted by Gasteiger charge is -2.36. The standard InChI is InChI=1S/C22H25ClFN5O2/c1-29(2)21(31)15-14(25)4-3-12(18(15)24)13-9-27-20-16(17(13)23)22(10-28-20)7-5-11(6-8-22)19(26)30/h3-4,9,11H,5-8,10,25H2,1-2H3,(H2,26,30)(H,27,28). The maximum Gasteiger partial charge on any atom is 0.258 e. The number of hydrogen-bond donors (Lipinski definition) is 3. The number of nitrogens with one attached hydrogen (secondary N) is 1. The minimum absolute atomic E-state index is 0.0631. The Morgan fingerprint density at radius 1 is 1.26 bits per heavy atom. The van der Waals surface area contributed by atoms with Gasteiger partial charge in [-0.1, -0.05) is 11.6 Å². The van der Waals surface area contributed by atoms with Crippen molar-refractivity contribution in [1.29, 1.82) is 0 Å². The number of halogens is 2. The number of carbonyl (C=O) groups is 2. The van der Waals surface area contributed by atoms with Crippen LogP contribution in [0.2, 0.25) is 5.02 Å². The highest BCUT2D eigenvalue weighted by molar-refractivity contribution is 6.34. The zero-order valence-corrected chi connectivity index (χ0v) is 18.2. The van der Waals surface area contributed by atoms with E-state index in [1.165, 1.54) is 37.3 Å². The predicted octanol–water partition coefficient (Wildman–Crippen LogP) is 3.16. The topological polar surface area (TPSA) is 114 Å². The SMILES string of the molecule is CN(C)C(=O)c1c(N)ccc(-c2cnc3c(c2Cl)C2(CCC(C(N)=O)CC2)CN3)c1F. The van der Waals surface area contributed by atoms with Gasteiger partial charge in [0.15, 0.2) is 0 Å². The Balaban J connectivity index is 1.80. The number of aromatic nitrogens is 1. The van der Waals surface area contributed by atoms with E-state index in [0.29, 0.717) is 35.8 Å². The van der Waals surface area contributed by atoms with Crippen molar-refractivity contribution >= 4 is 34.9 Å². The first-order valence-corrected chi connectivity index (χ1v) is 10.6. The summed E-state index contributed by atoms with van der Waals surface area (Å²) >= 11 is 6.85. The van der Waals surface area contributed by atoms with Gasteiger partial charge in [0.2, 0.25) is 5.91 Å². The third-order valence-electron chi connectivity index (χ3n) is 6.57. The van der Waals surface area contributed by atoms with Crippen molar-refractivity contribution in [3.63, 3.8) is 0 Å². The predicted molar refractivity (Wildman–Crippen MR) is 118 cm³/mol. The van der Waals surface area contributed by atoms with Crippen molar-refractivity contribution in [2.24, 2.45) is 11.7 Å². The monoisotopic (exact) mass is 445 g/mol. The van der Waals surface area contributed by atoms with Crippen molar-refractivity contribution in [1.82, 2.24) is 9.88 Å². The molecule has 1 aromatic carbocycles. The molecule has 1 spiro atoms. The first kappa shape index (κ1) is 21.4. The second-order valence-electron chi connectivity index (χ2n) is 8.61. The first-order valence-electron chi connectivity index (χ1n) is 10.2. The van der Waals surface area contributed by atoms with Gasteiger partial charge in [-0.15, -0.1) is 0 Å². The average molecular weight is 446 g/mol. The highest BCUT2D eigenvalue weighted by Crippen LogP contribution is 2.52. The summed E-state index contributed by atoms with van der Waals surface area (Å²) in [5.41, 5.74) is 12.4. The molecule has 2 aromatic rings. The summed E-state index contributed by atoms with van der Waals surface area (Å²) in [7, 11) is 3.07. The van der Waals surface area contributed by atoms with E-state index in [0.717, 1.165) is 18.4 Å². The van der Waals surface area contributed by atoms with E-state index < -0.39 is 11.7 Å². The van der Waals surface area contributed by atoms with Crippen LogP contribution in [-0.4, -0.2) is 42.3 Å². The van der Waals surface area contributed by atoms with Crippen LogP contribution in [0, 0.1) is 11.7 Å². The Labute approximate surface area is 184 Å². The number of nitrogen functional groups attached to an aromatic ring is 1. The number of amides is 2. The van der Waals surface area contributed by atoms with Gasteiger partial charge < -0.3 is 21.7 Å². The molecular formula is C22H25ClFN5O2. The van der Waals surface area contributed by atoms with Gasteiger partial charge in [-0.05, 0) is 37.8 Å². The molecule has 2 amide bonds. The molecule has 2 heterocycles. The molecule has 0 bridgehead atoms. The maximum atomic E-state index is 15.5. The smallest absolute Gasteiger partial charge is 0.258 e. The Morgan fingerprint density at radius 2 is 1.94 bits per heavy atom. The molecule has 7 nitrogen and oxygen atoms in total. The van der Waals surface area contributed by atoms with E-state index in [9.17, 15) is 9.59 Å². The largest absolute Gasteiger partial charge is 0.398 e. The summed E-state index contributed by atoms with van der Waals surface area (Å²) < 4.78 is 15.5. The molecule has 2 aliphatic rings. The Kier molecular flexibility index (Phi) is 5.29. The molecular weight excluding hydrogens is 421 g/mol. The summed E-state index contributed by atoms with van der Waals surface area (Å²) in [4.78, 5) is 29.8. The Morgan fingerprint density at radius 3 is 2.55 bits per heavy atom. The van der Waals surface area contributed by atoms with Crippen molar-refractivity contribution < 1.29 is 14.0 Å². The van der Waals surface area contributed by atoms with Gasteiger partial charge in [-0.3, -0.25) is 9.59 Å². The van der Waals surface area contributed by atoms with Gasteiger partial charge in [0.1, 0.15) is 11.6 Å². The van der Waals surface area contributed by atoms with Crippen LogP contribution < -0.4 is 16.8 Å². The number of anilines is 2. The van der Waals surface area contributed by atoms with Gasteiger partial charge in [-0.2, -0.15) is 0 Å². The van der Waals surface area contributed by atoms with E-state index in [4.69, 9.17) is 23.1 Å². The van der Waals surface area contributed by atoms with Crippen LogP contribution in [0.25, 0.3) is 11.1 Å². The number of pyridine rings is 1. The summed E-state index contributed by atoms with van der Waals surface area (Å²) in [6.07, 6.45) is 4.34. The molecule has 0 radical (unpaired) electrons. The van der Waals surface area contributed by atoms with E-state index in [2.05, 4.69) is 10.3 Å². The molecule has 1 fully saturated rings. The summed E-state index contributed by atoms with van der Waals surface area (Å²) in [6, 6.07) is 3.02. The maximum absolute atomic E-state index is 15.5. The third kappa shape index (κ3) is 3.39. The van der Waals surface area contributed by atoms with Gasteiger partial charge >= 0.3 is 0 Å². The number of nitrogens with two attached hydrogens (primary N) is 2. The van der Waals surface area contributed by atoms with Crippen LogP contribution in [0.5, 0.6) is 0 Å². The van der Waals surface area contributed by atoms with E-state index >= 15 is 4.39 Å². The number of hydrogen-bond acceptors (Lipinski definition) is 5. The molecule has 4 rings (SSSR count). The summed E-state index contributed by atoms with van der Waals surface area (Å²) in [5, 5.41) is 3.71. The average Bonchev–Trinajstić information content (AvgIpc) is 3.08. The molecule has 0 saturated heterocycles. The van der Waals surface area contributed by atoms with Gasteiger partial charge in [0, 0.05) is 60.5 Å². The fourth-order valence-electron chi connectivity index (χ4n) is 4.76. The zero-order chi connectivity index (χ0) is 22.5. The van der Waals surface area contributed by atoms with Crippen LogP contribution in [0.15, 0.2) is 18.3 Å². The lowest BCUT2D eigenvalue weighted by atomic mass is 9.67. The van der Waals surface area contributed by atoms with Gasteiger partial charge in [0.05, 0.1) is 10.6 Å². The fraction of sp³-hybridized carbons (Fsp3) is 0.409. The minimum Gasteiger partial charge on any atom is -0.398 e. The number of rotatable bonds is 3. The number of carbonyl (C=O) groups excluding carboxylic acids is 2. The molecule has 5 N–H and O–H groups in total. The normalized spacial score (nSPS) is 22.1. The lowest BCUT2D eigenvalue weighted by Crippen LogP contribution is -2.37. The Bertz CT molecular complexity index is 1080. The number of benzene rings is 1. The van der Waals surface area contributed by atoms with E-state index in [1.54, 1.807) is 0 Å².